The number of phosphoric acid groups is 1. The molecule has 2 aliphatic rings. The predicted molar refractivity (Wildman–Crippen MR) is 113 cm³/mol. The van der Waals surface area contributed by atoms with Crippen LogP contribution in [0.2, 0.25) is 0 Å². The molecule has 9 heteroatoms. The topological polar surface area (TPSA) is 120 Å². The lowest BCUT2D eigenvalue weighted by Crippen LogP contribution is -2.41. The van der Waals surface area contributed by atoms with Gasteiger partial charge in [-0.15, -0.1) is 6.58 Å². The highest BCUT2D eigenvalue weighted by molar-refractivity contribution is 7.46. The lowest BCUT2D eigenvalue weighted by molar-refractivity contribution is 0.00787. The Bertz CT molecular complexity index is 768. The number of unbranched alkanes of at least 4 members (excludes halogenated alkanes) is 2. The predicted octanol–water partition coefficient (Wildman–Crippen LogP) is 3.27. The number of hydrogen-bond acceptors (Lipinski definition) is 6. The quantitative estimate of drug-likeness (QED) is 0.272. The van der Waals surface area contributed by atoms with Gasteiger partial charge in [0, 0.05) is 12.1 Å². The SMILES string of the molecule is C=CCCCCOC[C@@H]1COc2cc([C@H]3CC[C@](N)(COP(=O)(O)O)C3)ccc2O1. The minimum absolute atomic E-state index is 0.129. The van der Waals surface area contributed by atoms with E-state index >= 15 is 0 Å². The lowest BCUT2D eigenvalue weighted by atomic mass is 9.93. The van der Waals surface area contributed by atoms with Crippen LogP contribution in [0.15, 0.2) is 30.9 Å². The number of phosphoric ester groups is 1. The molecule has 4 N–H and O–H groups in total. The van der Waals surface area contributed by atoms with Crippen molar-refractivity contribution in [3.05, 3.63) is 36.4 Å². The van der Waals surface area contributed by atoms with Crippen LogP contribution in [-0.2, 0) is 13.8 Å². The van der Waals surface area contributed by atoms with Crippen molar-refractivity contribution in [2.45, 2.75) is 56.1 Å². The molecular formula is C21H32NO7P. The Morgan fingerprint density at radius 2 is 2.17 bits per heavy atom. The molecule has 1 aromatic rings. The molecule has 1 aliphatic heterocycles. The van der Waals surface area contributed by atoms with Crippen LogP contribution in [0.1, 0.15) is 50.0 Å². The first kappa shape index (κ1) is 23.3. The number of hydrogen-bond donors (Lipinski definition) is 3. The fourth-order valence-electron chi connectivity index (χ4n) is 3.96. The molecule has 0 bridgehead atoms. The monoisotopic (exact) mass is 441 g/mol. The molecule has 1 saturated carbocycles. The molecule has 30 heavy (non-hydrogen) atoms. The highest BCUT2D eigenvalue weighted by Gasteiger charge is 2.38. The second-order valence-corrected chi connectivity index (χ2v) is 9.42. The van der Waals surface area contributed by atoms with E-state index in [9.17, 15) is 4.57 Å². The smallest absolute Gasteiger partial charge is 0.469 e. The van der Waals surface area contributed by atoms with Crippen LogP contribution in [0.4, 0.5) is 0 Å². The average Bonchev–Trinajstić information content (AvgIpc) is 3.11. The number of benzene rings is 1. The van der Waals surface area contributed by atoms with Crippen molar-refractivity contribution < 1.29 is 33.1 Å². The summed E-state index contributed by atoms with van der Waals surface area (Å²) in [4.78, 5) is 17.8. The Labute approximate surface area is 177 Å². The van der Waals surface area contributed by atoms with Gasteiger partial charge in [-0.2, -0.15) is 0 Å². The molecule has 1 heterocycles. The van der Waals surface area contributed by atoms with Gasteiger partial charge in [0.2, 0.25) is 0 Å². The summed E-state index contributed by atoms with van der Waals surface area (Å²) in [6.45, 7) is 5.18. The van der Waals surface area contributed by atoms with E-state index in [4.69, 9.17) is 29.7 Å². The molecule has 0 spiro atoms. The first-order chi connectivity index (χ1) is 14.3. The number of allylic oxidation sites excluding steroid dienone is 1. The maximum atomic E-state index is 11.0. The summed E-state index contributed by atoms with van der Waals surface area (Å²) in [6.07, 6.45) is 6.92. The van der Waals surface area contributed by atoms with Crippen LogP contribution < -0.4 is 15.2 Å². The molecule has 1 aliphatic carbocycles. The summed E-state index contributed by atoms with van der Waals surface area (Å²) >= 11 is 0. The molecule has 1 fully saturated rings. The molecule has 8 nitrogen and oxygen atoms in total. The van der Waals surface area contributed by atoms with Crippen molar-refractivity contribution in [3.63, 3.8) is 0 Å². The van der Waals surface area contributed by atoms with Crippen molar-refractivity contribution in [2.24, 2.45) is 5.73 Å². The van der Waals surface area contributed by atoms with Gasteiger partial charge in [0.25, 0.3) is 0 Å². The lowest BCUT2D eigenvalue weighted by Gasteiger charge is -2.27. The third-order valence-corrected chi connectivity index (χ3v) is 6.04. The van der Waals surface area contributed by atoms with Crippen molar-refractivity contribution in [3.8, 4) is 11.5 Å². The maximum Gasteiger partial charge on any atom is 0.469 e. The van der Waals surface area contributed by atoms with Crippen LogP contribution >= 0.6 is 7.82 Å². The second-order valence-electron chi connectivity index (χ2n) is 8.18. The first-order valence-corrected chi connectivity index (χ1v) is 11.9. The summed E-state index contributed by atoms with van der Waals surface area (Å²) in [5, 5.41) is 0. The van der Waals surface area contributed by atoms with E-state index in [1.165, 1.54) is 0 Å². The van der Waals surface area contributed by atoms with Gasteiger partial charge in [-0.3, -0.25) is 4.52 Å². The Kier molecular flexibility index (Phi) is 7.96. The molecule has 0 saturated heterocycles. The maximum absolute atomic E-state index is 11.0. The number of nitrogens with two attached hydrogens (primary N) is 1. The molecular weight excluding hydrogens is 409 g/mol. The Morgan fingerprint density at radius 3 is 2.93 bits per heavy atom. The third-order valence-electron chi connectivity index (χ3n) is 5.57. The van der Waals surface area contributed by atoms with Crippen molar-refractivity contribution in [2.75, 3.05) is 26.4 Å². The second kappa shape index (κ2) is 10.3. The molecule has 0 aromatic heterocycles. The van der Waals surface area contributed by atoms with E-state index in [2.05, 4.69) is 11.1 Å². The summed E-state index contributed by atoms with van der Waals surface area (Å²) in [5.41, 5.74) is 6.63. The summed E-state index contributed by atoms with van der Waals surface area (Å²) in [6, 6.07) is 5.88. The summed E-state index contributed by atoms with van der Waals surface area (Å²) < 4.78 is 33.2. The van der Waals surface area contributed by atoms with Gasteiger partial charge in [0.1, 0.15) is 6.61 Å². The van der Waals surface area contributed by atoms with Crippen molar-refractivity contribution in [1.29, 1.82) is 0 Å². The molecule has 1 aromatic carbocycles. The standard InChI is InChI=1S/C21H32NO7P/c1-2-3-4-5-10-26-13-18-14-27-20-11-16(6-7-19(20)29-18)17-8-9-21(22,12-17)15-28-30(23,24)25/h2,6-7,11,17-18H,1,3-5,8-10,12-15,22H2,(H2,23,24,25)/t17-,18+,21+/m0/s1. The Hall–Kier alpha value is -1.41. The number of rotatable bonds is 11. The zero-order valence-electron chi connectivity index (χ0n) is 17.2. The van der Waals surface area contributed by atoms with Gasteiger partial charge in [-0.25, -0.2) is 4.57 Å². The highest BCUT2D eigenvalue weighted by atomic mass is 31.2. The van der Waals surface area contributed by atoms with Crippen LogP contribution in [0, 0.1) is 0 Å². The highest BCUT2D eigenvalue weighted by Crippen LogP contribution is 2.45. The van der Waals surface area contributed by atoms with Crippen LogP contribution in [-0.4, -0.2) is 47.9 Å². The van der Waals surface area contributed by atoms with E-state index in [0.717, 1.165) is 31.2 Å². The Balaban J connectivity index is 1.49. The first-order valence-electron chi connectivity index (χ1n) is 10.4. The average molecular weight is 441 g/mol. The van der Waals surface area contributed by atoms with E-state index in [1.54, 1.807) is 0 Å². The molecule has 0 unspecified atom stereocenters. The van der Waals surface area contributed by atoms with E-state index < -0.39 is 13.4 Å². The normalized spacial score (nSPS) is 26.0. The van der Waals surface area contributed by atoms with Crippen molar-refractivity contribution >= 4 is 7.82 Å². The van der Waals surface area contributed by atoms with E-state index in [0.29, 0.717) is 44.2 Å². The van der Waals surface area contributed by atoms with Gasteiger partial charge in [-0.1, -0.05) is 12.1 Å². The minimum atomic E-state index is -4.52. The summed E-state index contributed by atoms with van der Waals surface area (Å²) in [5.74, 6) is 1.59. The number of fused-ring (bicyclic) bond motifs is 1. The number of ether oxygens (including phenoxy) is 3. The largest absolute Gasteiger partial charge is 0.486 e. The van der Waals surface area contributed by atoms with Gasteiger partial charge in [-0.05, 0) is 62.1 Å². The van der Waals surface area contributed by atoms with Crippen molar-refractivity contribution in [1.82, 2.24) is 0 Å². The van der Waals surface area contributed by atoms with Crippen LogP contribution in [0.5, 0.6) is 11.5 Å². The molecule has 0 radical (unpaired) electrons. The fourth-order valence-corrected chi connectivity index (χ4v) is 4.38. The van der Waals surface area contributed by atoms with E-state index in [-0.39, 0.29) is 18.6 Å². The zero-order chi connectivity index (χ0) is 21.6. The van der Waals surface area contributed by atoms with Gasteiger partial charge < -0.3 is 29.7 Å². The fraction of sp³-hybridized carbons (Fsp3) is 0.619. The molecule has 168 valence electrons. The molecule has 3 atom stereocenters. The Morgan fingerprint density at radius 1 is 1.33 bits per heavy atom. The zero-order valence-corrected chi connectivity index (χ0v) is 18.1. The van der Waals surface area contributed by atoms with Gasteiger partial charge in [0.05, 0.1) is 13.2 Å². The van der Waals surface area contributed by atoms with Crippen LogP contribution in [0.25, 0.3) is 0 Å². The third kappa shape index (κ3) is 6.80. The minimum Gasteiger partial charge on any atom is -0.486 e. The summed E-state index contributed by atoms with van der Waals surface area (Å²) in [7, 11) is -4.52. The van der Waals surface area contributed by atoms with Gasteiger partial charge >= 0.3 is 7.82 Å². The van der Waals surface area contributed by atoms with Crippen LogP contribution in [0.3, 0.4) is 0 Å². The molecule has 3 rings (SSSR count). The van der Waals surface area contributed by atoms with Gasteiger partial charge in [0.15, 0.2) is 17.6 Å². The molecule has 0 amide bonds. The van der Waals surface area contributed by atoms with E-state index in [1.807, 2.05) is 24.3 Å².